The number of nitriles is 1. The van der Waals surface area contributed by atoms with E-state index >= 15 is 0 Å². The molecule has 27 heavy (non-hydrogen) atoms. The summed E-state index contributed by atoms with van der Waals surface area (Å²) in [6, 6.07) is 17.9. The van der Waals surface area contributed by atoms with Gasteiger partial charge in [0.1, 0.15) is 11.8 Å². The molecule has 0 aliphatic rings. The Morgan fingerprint density at radius 2 is 2.00 bits per heavy atom. The lowest BCUT2D eigenvalue weighted by Gasteiger charge is -2.07. The number of carbonyl (C=O) groups excluding carboxylic acids is 1. The molecule has 4 rings (SSSR count). The van der Waals surface area contributed by atoms with Gasteiger partial charge in [0, 0.05) is 42.6 Å². The highest BCUT2D eigenvalue weighted by Crippen LogP contribution is 2.25. The summed E-state index contributed by atoms with van der Waals surface area (Å²) in [4.78, 5) is 16.4. The molecule has 0 unspecified atom stereocenters. The normalized spacial score (nSPS) is 10.7. The fourth-order valence-corrected chi connectivity index (χ4v) is 3.10. The predicted molar refractivity (Wildman–Crippen MR) is 103 cm³/mol. The average Bonchev–Trinajstić information content (AvgIpc) is 3.26. The van der Waals surface area contributed by atoms with Crippen molar-refractivity contribution in [2.45, 2.75) is 6.54 Å². The molecule has 2 aromatic heterocycles. The van der Waals surface area contributed by atoms with E-state index in [1.54, 1.807) is 17.1 Å². The molecular weight excluding hydrogens is 338 g/mol. The van der Waals surface area contributed by atoms with Crippen LogP contribution in [0.15, 0.2) is 67.3 Å². The van der Waals surface area contributed by atoms with Gasteiger partial charge in [-0.15, -0.1) is 0 Å². The Kier molecular flexibility index (Phi) is 4.19. The Bertz CT molecular complexity index is 1160. The van der Waals surface area contributed by atoms with Crippen LogP contribution in [0, 0.1) is 11.3 Å². The highest BCUT2D eigenvalue weighted by atomic mass is 16.1. The monoisotopic (exact) mass is 355 g/mol. The number of nitrogens with one attached hydrogen (secondary N) is 1. The molecule has 0 atom stereocenters. The fourth-order valence-electron chi connectivity index (χ4n) is 3.10. The fraction of sp³-hybridized carbons (Fsp3) is 0.0952. The molecule has 2 heterocycles. The van der Waals surface area contributed by atoms with Crippen LogP contribution in [-0.2, 0) is 13.6 Å². The summed E-state index contributed by atoms with van der Waals surface area (Å²) in [6.07, 6.45) is 5.09. The minimum atomic E-state index is -0.280. The van der Waals surface area contributed by atoms with E-state index in [-0.39, 0.29) is 5.91 Å². The summed E-state index contributed by atoms with van der Waals surface area (Å²) >= 11 is 0. The van der Waals surface area contributed by atoms with Crippen LogP contribution in [0.1, 0.15) is 21.6 Å². The molecule has 0 aliphatic carbocycles. The number of amides is 1. The smallest absolute Gasteiger partial charge is 0.275 e. The van der Waals surface area contributed by atoms with Gasteiger partial charge in [0.05, 0.1) is 11.9 Å². The predicted octanol–water partition coefficient (Wildman–Crippen LogP) is 3.55. The van der Waals surface area contributed by atoms with E-state index in [0.29, 0.717) is 23.5 Å². The third kappa shape index (κ3) is 3.31. The van der Waals surface area contributed by atoms with Crippen molar-refractivity contribution in [2.24, 2.45) is 7.05 Å². The molecule has 0 fully saturated rings. The van der Waals surface area contributed by atoms with Crippen molar-refractivity contribution < 1.29 is 4.79 Å². The SMILES string of the molecule is Cn1cnc(C(=O)Nc2ccc3c(c2)c(C#N)cn3Cc2ccccc2)c1. The van der Waals surface area contributed by atoms with Crippen molar-refractivity contribution in [1.29, 1.82) is 5.26 Å². The Labute approximate surface area is 156 Å². The van der Waals surface area contributed by atoms with Crippen molar-refractivity contribution in [3.63, 3.8) is 0 Å². The van der Waals surface area contributed by atoms with E-state index in [0.717, 1.165) is 16.5 Å². The summed E-state index contributed by atoms with van der Waals surface area (Å²) in [6.45, 7) is 0.679. The van der Waals surface area contributed by atoms with E-state index in [9.17, 15) is 10.1 Å². The molecule has 1 amide bonds. The number of hydrogen-bond donors (Lipinski definition) is 1. The second-order valence-electron chi connectivity index (χ2n) is 6.38. The van der Waals surface area contributed by atoms with Gasteiger partial charge in [0.25, 0.3) is 5.91 Å². The largest absolute Gasteiger partial charge is 0.342 e. The second kappa shape index (κ2) is 6.81. The molecular formula is C21H17N5O. The van der Waals surface area contributed by atoms with Gasteiger partial charge in [-0.1, -0.05) is 30.3 Å². The van der Waals surface area contributed by atoms with Gasteiger partial charge >= 0.3 is 0 Å². The Balaban J connectivity index is 1.66. The van der Waals surface area contributed by atoms with E-state index in [4.69, 9.17) is 0 Å². The number of aryl methyl sites for hydroxylation is 1. The van der Waals surface area contributed by atoms with E-state index in [1.807, 2.05) is 54.2 Å². The molecule has 0 bridgehead atoms. The molecule has 1 N–H and O–H groups in total. The first-order valence-electron chi connectivity index (χ1n) is 8.50. The van der Waals surface area contributed by atoms with Crippen molar-refractivity contribution >= 4 is 22.5 Å². The third-order valence-corrected chi connectivity index (χ3v) is 4.39. The molecule has 2 aromatic carbocycles. The van der Waals surface area contributed by atoms with Crippen LogP contribution in [0.3, 0.4) is 0 Å². The van der Waals surface area contributed by atoms with Crippen molar-refractivity contribution in [1.82, 2.24) is 14.1 Å². The van der Waals surface area contributed by atoms with Crippen molar-refractivity contribution in [2.75, 3.05) is 5.32 Å². The number of rotatable bonds is 4. The molecule has 0 aliphatic heterocycles. The lowest BCUT2D eigenvalue weighted by molar-refractivity contribution is 0.102. The number of nitrogens with zero attached hydrogens (tertiary/aromatic N) is 4. The number of fused-ring (bicyclic) bond motifs is 1. The van der Waals surface area contributed by atoms with Gasteiger partial charge in [-0.3, -0.25) is 4.79 Å². The van der Waals surface area contributed by atoms with Crippen LogP contribution >= 0.6 is 0 Å². The van der Waals surface area contributed by atoms with Crippen LogP contribution in [0.4, 0.5) is 5.69 Å². The van der Waals surface area contributed by atoms with Crippen LogP contribution in [0.5, 0.6) is 0 Å². The zero-order valence-electron chi connectivity index (χ0n) is 14.8. The maximum Gasteiger partial charge on any atom is 0.275 e. The maximum atomic E-state index is 12.3. The van der Waals surface area contributed by atoms with Crippen LogP contribution in [0.2, 0.25) is 0 Å². The molecule has 6 heteroatoms. The molecule has 4 aromatic rings. The van der Waals surface area contributed by atoms with E-state index in [1.165, 1.54) is 0 Å². The third-order valence-electron chi connectivity index (χ3n) is 4.39. The molecule has 132 valence electrons. The van der Waals surface area contributed by atoms with Gasteiger partial charge in [-0.2, -0.15) is 5.26 Å². The maximum absolute atomic E-state index is 12.3. The quantitative estimate of drug-likeness (QED) is 0.608. The van der Waals surface area contributed by atoms with E-state index < -0.39 is 0 Å². The van der Waals surface area contributed by atoms with Crippen LogP contribution in [0.25, 0.3) is 10.9 Å². The summed E-state index contributed by atoms with van der Waals surface area (Å²) < 4.78 is 3.77. The highest BCUT2D eigenvalue weighted by molar-refractivity contribution is 6.04. The van der Waals surface area contributed by atoms with Crippen molar-refractivity contribution in [3.8, 4) is 6.07 Å². The number of imidazole rings is 1. The molecule has 6 nitrogen and oxygen atoms in total. The van der Waals surface area contributed by atoms with Gasteiger partial charge in [-0.25, -0.2) is 4.98 Å². The molecule has 0 saturated heterocycles. The lowest BCUT2D eigenvalue weighted by Crippen LogP contribution is -2.12. The summed E-state index contributed by atoms with van der Waals surface area (Å²) in [5.74, 6) is -0.280. The van der Waals surface area contributed by atoms with Crippen LogP contribution < -0.4 is 5.32 Å². The number of benzene rings is 2. The number of anilines is 1. The lowest BCUT2D eigenvalue weighted by atomic mass is 10.1. The molecule has 0 spiro atoms. The first-order valence-corrected chi connectivity index (χ1v) is 8.50. The van der Waals surface area contributed by atoms with Crippen molar-refractivity contribution in [3.05, 3.63) is 84.1 Å². The zero-order chi connectivity index (χ0) is 18.8. The first kappa shape index (κ1) is 16.6. The molecule has 0 radical (unpaired) electrons. The number of hydrogen-bond acceptors (Lipinski definition) is 3. The second-order valence-corrected chi connectivity index (χ2v) is 6.38. The zero-order valence-corrected chi connectivity index (χ0v) is 14.8. The highest BCUT2D eigenvalue weighted by Gasteiger charge is 2.13. The van der Waals surface area contributed by atoms with Crippen LogP contribution in [-0.4, -0.2) is 20.0 Å². The summed E-state index contributed by atoms with van der Waals surface area (Å²) in [7, 11) is 1.81. The summed E-state index contributed by atoms with van der Waals surface area (Å²) in [5, 5.41) is 13.2. The summed E-state index contributed by atoms with van der Waals surface area (Å²) in [5.41, 5.74) is 3.67. The topological polar surface area (TPSA) is 75.6 Å². The minimum Gasteiger partial charge on any atom is -0.342 e. The van der Waals surface area contributed by atoms with Gasteiger partial charge in [0.2, 0.25) is 0 Å². The molecule has 0 saturated carbocycles. The van der Waals surface area contributed by atoms with Gasteiger partial charge in [-0.05, 0) is 23.8 Å². The average molecular weight is 355 g/mol. The Morgan fingerprint density at radius 3 is 2.70 bits per heavy atom. The van der Waals surface area contributed by atoms with Gasteiger partial charge in [0.15, 0.2) is 0 Å². The van der Waals surface area contributed by atoms with Gasteiger partial charge < -0.3 is 14.5 Å². The Hall–Kier alpha value is -3.85. The number of carbonyl (C=O) groups is 1. The Morgan fingerprint density at radius 1 is 1.19 bits per heavy atom. The van der Waals surface area contributed by atoms with E-state index in [2.05, 4.69) is 28.5 Å². The minimum absolute atomic E-state index is 0.280. The first-order chi connectivity index (χ1) is 13.1. The standard InChI is InChI=1S/C21H17N5O/c1-25-13-19(23-14-25)21(27)24-17-7-8-20-18(9-17)16(10-22)12-26(20)11-15-5-3-2-4-6-15/h2-9,12-14H,11H2,1H3,(H,24,27). The number of aromatic nitrogens is 3.